The monoisotopic (exact) mass is 472 g/mol. The minimum absolute atomic E-state index is 0.0937. The van der Waals surface area contributed by atoms with Crippen LogP contribution in [0.4, 0.5) is 11.4 Å². The molecule has 0 radical (unpaired) electrons. The van der Waals surface area contributed by atoms with Crippen LogP contribution in [0.3, 0.4) is 0 Å². The van der Waals surface area contributed by atoms with Gasteiger partial charge in [0.2, 0.25) is 11.8 Å². The molecule has 2 aromatic rings. The molecule has 0 aliphatic heterocycles. The summed E-state index contributed by atoms with van der Waals surface area (Å²) in [6, 6.07) is 14.5. The lowest BCUT2D eigenvalue weighted by Crippen LogP contribution is -2.13. The van der Waals surface area contributed by atoms with Gasteiger partial charge in [0.15, 0.2) is 0 Å². The zero-order chi connectivity index (χ0) is 24.4. The van der Waals surface area contributed by atoms with Crippen molar-refractivity contribution in [1.82, 2.24) is 0 Å². The Morgan fingerprint density at radius 2 is 1.12 bits per heavy atom. The van der Waals surface area contributed by atoms with E-state index < -0.39 is 0 Å². The Balaban J connectivity index is 1.64. The van der Waals surface area contributed by atoms with Crippen LogP contribution in [0.5, 0.6) is 11.5 Å². The number of unbranched alkanes of at least 4 members (excludes halogenated alkanes) is 1. The van der Waals surface area contributed by atoms with Gasteiger partial charge in [-0.1, -0.05) is 12.1 Å². The average molecular weight is 473 g/mol. The van der Waals surface area contributed by atoms with Crippen LogP contribution >= 0.6 is 0 Å². The Bertz CT molecular complexity index is 802. The molecule has 2 N–H and O–H groups in total. The Kier molecular flexibility index (Phi) is 13.2. The van der Waals surface area contributed by atoms with E-state index in [9.17, 15) is 9.59 Å². The van der Waals surface area contributed by atoms with E-state index in [1.54, 1.807) is 12.1 Å². The van der Waals surface area contributed by atoms with Crippen molar-refractivity contribution in [1.29, 1.82) is 0 Å². The number of rotatable bonds is 17. The van der Waals surface area contributed by atoms with E-state index >= 15 is 0 Å². The van der Waals surface area contributed by atoms with Gasteiger partial charge < -0.3 is 29.6 Å². The molecule has 186 valence electrons. The Labute approximate surface area is 201 Å². The zero-order valence-corrected chi connectivity index (χ0v) is 20.1. The van der Waals surface area contributed by atoms with Gasteiger partial charge >= 0.3 is 0 Å². The van der Waals surface area contributed by atoms with Crippen molar-refractivity contribution in [3.05, 3.63) is 48.5 Å². The predicted molar refractivity (Wildman–Crippen MR) is 133 cm³/mol. The maximum Gasteiger partial charge on any atom is 0.224 e. The first-order valence-corrected chi connectivity index (χ1v) is 11.8. The number of carbonyl (C=O) groups is 2. The molecule has 0 aromatic heterocycles. The van der Waals surface area contributed by atoms with Crippen LogP contribution in [0.2, 0.25) is 0 Å². The summed E-state index contributed by atoms with van der Waals surface area (Å²) in [6.07, 6.45) is 1.91. The first-order valence-electron chi connectivity index (χ1n) is 11.8. The molecule has 0 saturated heterocycles. The van der Waals surface area contributed by atoms with Crippen LogP contribution in [0.15, 0.2) is 48.5 Å². The average Bonchev–Trinajstić information content (AvgIpc) is 2.83. The second kappa shape index (κ2) is 16.5. The molecule has 0 aliphatic carbocycles. The molecular formula is C26H36N2O6. The SMILES string of the molecule is CCOCCOc1cccc(NC(=O)CCCCC(=O)Nc2cccc(OCCOCC)c2)c1. The number of hydrogen-bond donors (Lipinski definition) is 2. The van der Waals surface area contributed by atoms with Gasteiger partial charge in [-0.25, -0.2) is 0 Å². The molecule has 0 fully saturated rings. The fourth-order valence-electron chi connectivity index (χ4n) is 3.07. The molecule has 0 unspecified atom stereocenters. The summed E-state index contributed by atoms with van der Waals surface area (Å²) in [4.78, 5) is 24.5. The maximum atomic E-state index is 12.2. The molecule has 0 heterocycles. The van der Waals surface area contributed by atoms with Crippen molar-refractivity contribution in [2.24, 2.45) is 0 Å². The highest BCUT2D eigenvalue weighted by molar-refractivity contribution is 5.92. The second-order valence-corrected chi connectivity index (χ2v) is 7.45. The van der Waals surface area contributed by atoms with Crippen molar-refractivity contribution in [2.75, 3.05) is 50.3 Å². The van der Waals surface area contributed by atoms with E-state index in [-0.39, 0.29) is 11.8 Å². The third kappa shape index (κ3) is 11.7. The number of hydrogen-bond acceptors (Lipinski definition) is 6. The maximum absolute atomic E-state index is 12.2. The van der Waals surface area contributed by atoms with Gasteiger partial charge in [-0.3, -0.25) is 9.59 Å². The van der Waals surface area contributed by atoms with Crippen LogP contribution in [0, 0.1) is 0 Å². The Hall–Kier alpha value is -3.10. The second-order valence-electron chi connectivity index (χ2n) is 7.45. The molecular weight excluding hydrogens is 436 g/mol. The van der Waals surface area contributed by atoms with E-state index in [1.807, 2.05) is 50.2 Å². The fraction of sp³-hybridized carbons (Fsp3) is 0.462. The summed E-state index contributed by atoms with van der Waals surface area (Å²) in [7, 11) is 0. The molecule has 8 nitrogen and oxygen atoms in total. The molecule has 2 amide bonds. The molecule has 2 aromatic carbocycles. The van der Waals surface area contributed by atoms with Crippen LogP contribution < -0.4 is 20.1 Å². The molecule has 0 spiro atoms. The van der Waals surface area contributed by atoms with Gasteiger partial charge in [0.1, 0.15) is 24.7 Å². The van der Waals surface area contributed by atoms with Crippen molar-refractivity contribution < 1.29 is 28.5 Å². The summed E-state index contributed by atoms with van der Waals surface area (Å²) >= 11 is 0. The predicted octanol–water partition coefficient (Wildman–Crippen LogP) is 4.65. The van der Waals surface area contributed by atoms with Gasteiger partial charge in [0, 0.05) is 49.6 Å². The third-order valence-corrected chi connectivity index (χ3v) is 4.69. The standard InChI is InChI=1S/C26H36N2O6/c1-3-31-15-17-33-23-11-7-9-21(19-23)27-25(29)13-5-6-14-26(30)28-22-10-8-12-24(20-22)34-18-16-32-4-2/h7-12,19-20H,3-6,13-18H2,1-2H3,(H,27,29)(H,28,30). The van der Waals surface area contributed by atoms with Gasteiger partial charge in [0.05, 0.1) is 13.2 Å². The highest BCUT2D eigenvalue weighted by atomic mass is 16.5. The van der Waals surface area contributed by atoms with Gasteiger partial charge in [-0.15, -0.1) is 0 Å². The lowest BCUT2D eigenvalue weighted by atomic mass is 10.1. The third-order valence-electron chi connectivity index (χ3n) is 4.69. The largest absolute Gasteiger partial charge is 0.491 e. The highest BCUT2D eigenvalue weighted by Gasteiger charge is 2.07. The molecule has 34 heavy (non-hydrogen) atoms. The minimum atomic E-state index is -0.0937. The fourth-order valence-corrected chi connectivity index (χ4v) is 3.07. The smallest absolute Gasteiger partial charge is 0.224 e. The topological polar surface area (TPSA) is 95.1 Å². The highest BCUT2D eigenvalue weighted by Crippen LogP contribution is 2.19. The molecule has 8 heteroatoms. The van der Waals surface area contributed by atoms with Crippen molar-refractivity contribution in [3.8, 4) is 11.5 Å². The zero-order valence-electron chi connectivity index (χ0n) is 20.1. The van der Waals surface area contributed by atoms with Crippen LogP contribution in [0.1, 0.15) is 39.5 Å². The summed E-state index contributed by atoms with van der Waals surface area (Å²) in [5.41, 5.74) is 1.36. The molecule has 0 saturated carbocycles. The minimum Gasteiger partial charge on any atom is -0.491 e. The van der Waals surface area contributed by atoms with Crippen LogP contribution in [-0.4, -0.2) is 51.5 Å². The molecule has 0 atom stereocenters. The van der Waals surface area contributed by atoms with Crippen LogP contribution in [0.25, 0.3) is 0 Å². The quantitative estimate of drug-likeness (QED) is 0.325. The normalized spacial score (nSPS) is 10.5. The van der Waals surface area contributed by atoms with Crippen molar-refractivity contribution in [2.45, 2.75) is 39.5 Å². The number of ether oxygens (including phenoxy) is 4. The summed E-state index contributed by atoms with van der Waals surface area (Å²) in [5, 5.41) is 5.74. The summed E-state index contributed by atoms with van der Waals surface area (Å²) in [5.74, 6) is 1.17. The van der Waals surface area contributed by atoms with Crippen LogP contribution in [-0.2, 0) is 19.1 Å². The summed E-state index contributed by atoms with van der Waals surface area (Å²) in [6.45, 7) is 7.13. The van der Waals surface area contributed by atoms with Crippen molar-refractivity contribution in [3.63, 3.8) is 0 Å². The van der Waals surface area contributed by atoms with Crippen molar-refractivity contribution >= 4 is 23.2 Å². The van der Waals surface area contributed by atoms with E-state index in [1.165, 1.54) is 0 Å². The number of nitrogens with one attached hydrogen (secondary N) is 2. The number of anilines is 2. The van der Waals surface area contributed by atoms with E-state index in [0.29, 0.717) is 88.2 Å². The number of amides is 2. The van der Waals surface area contributed by atoms with Gasteiger partial charge in [-0.05, 0) is 51.0 Å². The molecule has 2 rings (SSSR count). The van der Waals surface area contributed by atoms with E-state index in [0.717, 1.165) is 0 Å². The van der Waals surface area contributed by atoms with Gasteiger partial charge in [-0.2, -0.15) is 0 Å². The number of carbonyl (C=O) groups excluding carboxylic acids is 2. The van der Waals surface area contributed by atoms with E-state index in [2.05, 4.69) is 10.6 Å². The first-order chi connectivity index (χ1) is 16.6. The lowest BCUT2D eigenvalue weighted by Gasteiger charge is -2.10. The number of benzene rings is 2. The molecule has 0 bridgehead atoms. The first kappa shape index (κ1) is 27.1. The van der Waals surface area contributed by atoms with Gasteiger partial charge in [0.25, 0.3) is 0 Å². The Morgan fingerprint density at radius 3 is 1.53 bits per heavy atom. The Morgan fingerprint density at radius 1 is 0.676 bits per heavy atom. The lowest BCUT2D eigenvalue weighted by molar-refractivity contribution is -0.118. The summed E-state index contributed by atoms with van der Waals surface area (Å²) < 4.78 is 21.7. The molecule has 0 aliphatic rings. The van der Waals surface area contributed by atoms with E-state index in [4.69, 9.17) is 18.9 Å².